The molecule has 2 rings (SSSR count). The van der Waals surface area contributed by atoms with E-state index in [9.17, 15) is 8.42 Å². The van der Waals surface area contributed by atoms with Crippen LogP contribution in [0.15, 0.2) is 29.3 Å². The van der Waals surface area contributed by atoms with Gasteiger partial charge in [0.2, 0.25) is 10.0 Å². The van der Waals surface area contributed by atoms with E-state index in [0.717, 1.165) is 25.5 Å². The van der Waals surface area contributed by atoms with Crippen LogP contribution in [-0.4, -0.2) is 46.3 Å². The topological polar surface area (TPSA) is 73.8 Å². The summed E-state index contributed by atoms with van der Waals surface area (Å²) in [5.74, 6) is 0.986. The lowest BCUT2D eigenvalue weighted by Crippen LogP contribution is -2.40. The molecule has 1 heterocycles. The Bertz CT molecular complexity index is 649. The third-order valence-electron chi connectivity index (χ3n) is 3.78. The number of halogens is 1. The van der Waals surface area contributed by atoms with Crippen LogP contribution in [0.5, 0.6) is 0 Å². The molecule has 2 N–H and O–H groups in total. The summed E-state index contributed by atoms with van der Waals surface area (Å²) in [4.78, 5) is 6.84. The van der Waals surface area contributed by atoms with Crippen LogP contribution in [0.4, 0.5) is 5.69 Å². The van der Waals surface area contributed by atoms with E-state index < -0.39 is 10.0 Å². The number of guanidine groups is 1. The summed E-state index contributed by atoms with van der Waals surface area (Å²) in [6.07, 6.45) is 1.71. The minimum atomic E-state index is -3.11. The zero-order chi connectivity index (χ0) is 16.7. The summed E-state index contributed by atoms with van der Waals surface area (Å²) in [6.45, 7) is 6.43. The van der Waals surface area contributed by atoms with Crippen molar-refractivity contribution in [1.82, 2.24) is 10.0 Å². The molecule has 0 unspecified atom stereocenters. The van der Waals surface area contributed by atoms with Crippen molar-refractivity contribution in [2.45, 2.75) is 26.7 Å². The van der Waals surface area contributed by atoms with E-state index in [1.54, 1.807) is 6.92 Å². The molecule has 0 bridgehead atoms. The van der Waals surface area contributed by atoms with Gasteiger partial charge in [-0.25, -0.2) is 13.1 Å². The number of anilines is 1. The van der Waals surface area contributed by atoms with Gasteiger partial charge in [0.25, 0.3) is 0 Å². The molecule has 0 radical (unpaired) electrons. The molecule has 6 nitrogen and oxygen atoms in total. The Morgan fingerprint density at radius 1 is 1.29 bits per heavy atom. The van der Waals surface area contributed by atoms with Crippen molar-refractivity contribution in [3.63, 3.8) is 0 Å². The quantitative estimate of drug-likeness (QED) is 0.279. The molecule has 0 atom stereocenters. The van der Waals surface area contributed by atoms with Crippen molar-refractivity contribution in [3.05, 3.63) is 29.8 Å². The number of nitrogens with zero attached hydrogens (tertiary/aromatic N) is 2. The molecule has 0 aliphatic carbocycles. The van der Waals surface area contributed by atoms with Crippen LogP contribution in [0.3, 0.4) is 0 Å². The number of hydrogen-bond acceptors (Lipinski definition) is 3. The second-order valence-electron chi connectivity index (χ2n) is 5.42. The maximum Gasteiger partial charge on any atom is 0.211 e. The van der Waals surface area contributed by atoms with Crippen molar-refractivity contribution in [1.29, 1.82) is 0 Å². The van der Waals surface area contributed by atoms with Crippen LogP contribution in [0.25, 0.3) is 0 Å². The number of sulfonamides is 1. The Hall–Kier alpha value is -0.870. The molecule has 0 amide bonds. The Morgan fingerprint density at radius 3 is 2.75 bits per heavy atom. The maximum atomic E-state index is 11.4. The zero-order valence-corrected chi connectivity index (χ0v) is 17.4. The van der Waals surface area contributed by atoms with Gasteiger partial charge in [0.05, 0.1) is 5.75 Å². The summed E-state index contributed by atoms with van der Waals surface area (Å²) in [5.41, 5.74) is 2.55. The van der Waals surface area contributed by atoms with Gasteiger partial charge in [0.1, 0.15) is 0 Å². The van der Waals surface area contributed by atoms with E-state index in [4.69, 9.17) is 0 Å². The average molecular weight is 466 g/mol. The van der Waals surface area contributed by atoms with E-state index in [0.29, 0.717) is 19.5 Å². The summed E-state index contributed by atoms with van der Waals surface area (Å²) >= 11 is 0. The standard InChI is InChI=1S/C16H26N4O2S.HI/c1-3-17-16(18-11-7-12-19-23(21,22)4-2)20-13-10-14-8-5-6-9-15(14)20;/h5-6,8-9,19H,3-4,7,10-13H2,1-2H3,(H,17,18);1H. The van der Waals surface area contributed by atoms with Crippen LogP contribution in [0.2, 0.25) is 0 Å². The molecule has 0 fully saturated rings. The molecular weight excluding hydrogens is 439 g/mol. The lowest BCUT2D eigenvalue weighted by molar-refractivity contribution is 0.581. The molecule has 0 saturated heterocycles. The number of fused-ring (bicyclic) bond motifs is 1. The summed E-state index contributed by atoms with van der Waals surface area (Å²) in [6, 6.07) is 8.37. The average Bonchev–Trinajstić information content (AvgIpc) is 2.97. The fraction of sp³-hybridized carbons (Fsp3) is 0.562. The minimum absolute atomic E-state index is 0. The van der Waals surface area contributed by atoms with Gasteiger partial charge >= 0.3 is 0 Å². The number of rotatable bonds is 7. The summed E-state index contributed by atoms with van der Waals surface area (Å²) < 4.78 is 25.3. The molecular formula is C16H27IN4O2S. The molecule has 1 aliphatic heterocycles. The van der Waals surface area contributed by atoms with E-state index in [1.807, 2.05) is 13.0 Å². The van der Waals surface area contributed by atoms with E-state index >= 15 is 0 Å². The van der Waals surface area contributed by atoms with E-state index in [2.05, 4.69) is 38.1 Å². The molecule has 1 aromatic carbocycles. The summed E-state index contributed by atoms with van der Waals surface area (Å²) in [7, 11) is -3.11. The van der Waals surface area contributed by atoms with E-state index in [-0.39, 0.29) is 29.7 Å². The number of hydrogen-bond donors (Lipinski definition) is 2. The highest BCUT2D eigenvalue weighted by molar-refractivity contribution is 14.0. The molecule has 0 spiro atoms. The molecule has 1 aliphatic rings. The third-order valence-corrected chi connectivity index (χ3v) is 5.18. The number of para-hydroxylation sites is 1. The van der Waals surface area contributed by atoms with Gasteiger partial charge in [0.15, 0.2) is 5.96 Å². The van der Waals surface area contributed by atoms with Crippen LogP contribution < -0.4 is 14.9 Å². The Kier molecular flexibility index (Phi) is 8.99. The first kappa shape index (κ1) is 21.2. The van der Waals surface area contributed by atoms with Crippen molar-refractivity contribution in [2.75, 3.05) is 36.8 Å². The molecule has 8 heteroatoms. The Balaban J connectivity index is 0.00000288. The Labute approximate surface area is 162 Å². The van der Waals surface area contributed by atoms with Gasteiger partial charge in [-0.2, -0.15) is 0 Å². The molecule has 136 valence electrons. The van der Waals surface area contributed by atoms with Gasteiger partial charge in [0, 0.05) is 31.9 Å². The highest BCUT2D eigenvalue weighted by atomic mass is 127. The lowest BCUT2D eigenvalue weighted by atomic mass is 10.2. The fourth-order valence-corrected chi connectivity index (χ4v) is 3.21. The number of aliphatic imine (C=N–C) groups is 1. The fourth-order valence-electron chi connectivity index (χ4n) is 2.55. The second kappa shape index (κ2) is 10.2. The smallest absolute Gasteiger partial charge is 0.211 e. The van der Waals surface area contributed by atoms with Crippen LogP contribution in [0, 0.1) is 0 Å². The highest BCUT2D eigenvalue weighted by Gasteiger charge is 2.22. The maximum absolute atomic E-state index is 11.4. The molecule has 0 aromatic heterocycles. The minimum Gasteiger partial charge on any atom is -0.356 e. The normalized spacial score (nSPS) is 14.2. The molecule has 0 saturated carbocycles. The van der Waals surface area contributed by atoms with Crippen LogP contribution >= 0.6 is 24.0 Å². The predicted molar refractivity (Wildman–Crippen MR) is 111 cm³/mol. The van der Waals surface area contributed by atoms with Gasteiger partial charge in [-0.3, -0.25) is 4.99 Å². The first-order chi connectivity index (χ1) is 11.1. The van der Waals surface area contributed by atoms with Crippen molar-refractivity contribution < 1.29 is 8.42 Å². The monoisotopic (exact) mass is 466 g/mol. The molecule has 1 aromatic rings. The lowest BCUT2D eigenvalue weighted by Gasteiger charge is -2.22. The third kappa shape index (κ3) is 5.89. The van der Waals surface area contributed by atoms with Crippen LogP contribution in [0.1, 0.15) is 25.8 Å². The second-order valence-corrected chi connectivity index (χ2v) is 7.51. The Morgan fingerprint density at radius 2 is 2.04 bits per heavy atom. The van der Waals surface area contributed by atoms with Crippen molar-refractivity contribution >= 4 is 45.6 Å². The highest BCUT2D eigenvalue weighted by Crippen LogP contribution is 2.27. The zero-order valence-electron chi connectivity index (χ0n) is 14.3. The number of nitrogens with one attached hydrogen (secondary N) is 2. The van der Waals surface area contributed by atoms with Gasteiger partial charge < -0.3 is 10.2 Å². The first-order valence-electron chi connectivity index (χ1n) is 8.18. The van der Waals surface area contributed by atoms with Gasteiger partial charge in [-0.15, -0.1) is 24.0 Å². The number of benzene rings is 1. The largest absolute Gasteiger partial charge is 0.356 e. The summed E-state index contributed by atoms with van der Waals surface area (Å²) in [5, 5.41) is 3.32. The SMILES string of the molecule is CCNC(=NCCCNS(=O)(=O)CC)N1CCc2ccccc21.I. The van der Waals surface area contributed by atoms with Gasteiger partial charge in [-0.1, -0.05) is 18.2 Å². The predicted octanol–water partition coefficient (Wildman–Crippen LogP) is 1.96. The first-order valence-corrected chi connectivity index (χ1v) is 9.83. The van der Waals surface area contributed by atoms with Crippen molar-refractivity contribution in [2.24, 2.45) is 4.99 Å². The van der Waals surface area contributed by atoms with Crippen LogP contribution in [-0.2, 0) is 16.4 Å². The van der Waals surface area contributed by atoms with E-state index in [1.165, 1.54) is 11.3 Å². The molecule has 24 heavy (non-hydrogen) atoms. The van der Waals surface area contributed by atoms with Gasteiger partial charge in [-0.05, 0) is 38.3 Å². The van der Waals surface area contributed by atoms with Crippen molar-refractivity contribution in [3.8, 4) is 0 Å².